The molecule has 21 heavy (non-hydrogen) atoms. The average Bonchev–Trinajstić information content (AvgIpc) is 2.92. The molecule has 0 spiro atoms. The lowest BCUT2D eigenvalue weighted by molar-refractivity contribution is 0.615. The highest BCUT2D eigenvalue weighted by molar-refractivity contribution is 6.46. The summed E-state index contributed by atoms with van der Waals surface area (Å²) in [5.74, 6) is 0. The minimum absolute atomic E-state index is 0.773. The average molecular weight is 271 g/mol. The molecule has 4 rings (SSSR count). The van der Waals surface area contributed by atoms with Gasteiger partial charge in [-0.2, -0.15) is 0 Å². The zero-order chi connectivity index (χ0) is 14.2. The van der Waals surface area contributed by atoms with Crippen LogP contribution in [0, 0.1) is 0 Å². The van der Waals surface area contributed by atoms with Gasteiger partial charge in [0.25, 0.3) is 0 Å². The largest absolute Gasteiger partial charge is 0.456 e. The van der Waals surface area contributed by atoms with Gasteiger partial charge in [0.2, 0.25) is 0 Å². The summed E-state index contributed by atoms with van der Waals surface area (Å²) in [7, 11) is 1.11. The van der Waals surface area contributed by atoms with E-state index in [9.17, 15) is 5.02 Å². The lowest BCUT2D eigenvalue weighted by Crippen LogP contribution is -2.11. The monoisotopic (exact) mass is 271 g/mol. The first-order chi connectivity index (χ1) is 10.3. The van der Waals surface area contributed by atoms with Crippen LogP contribution in [0.4, 0.5) is 0 Å². The van der Waals surface area contributed by atoms with Gasteiger partial charge >= 0.3 is 7.48 Å². The second kappa shape index (κ2) is 4.79. The van der Waals surface area contributed by atoms with Gasteiger partial charge in [-0.05, 0) is 29.3 Å². The van der Waals surface area contributed by atoms with Gasteiger partial charge in [0.05, 0.1) is 0 Å². The van der Waals surface area contributed by atoms with Crippen molar-refractivity contribution in [3.8, 4) is 11.1 Å². The standard InChI is InChI=1S/C18H12BO2/c20-19-14-7-9-18-16(11-14)15-10-13(6-8-17(15)21-18)12-4-2-1-3-5-12/h1-11,20H. The van der Waals surface area contributed by atoms with E-state index in [1.165, 1.54) is 5.56 Å². The van der Waals surface area contributed by atoms with E-state index in [-0.39, 0.29) is 0 Å². The van der Waals surface area contributed by atoms with Crippen LogP contribution in [0.15, 0.2) is 71.1 Å². The Morgan fingerprint density at radius 2 is 1.43 bits per heavy atom. The van der Waals surface area contributed by atoms with Crippen LogP contribution in [0.3, 0.4) is 0 Å². The first-order valence-electron chi connectivity index (χ1n) is 6.84. The van der Waals surface area contributed by atoms with Crippen molar-refractivity contribution in [1.82, 2.24) is 0 Å². The topological polar surface area (TPSA) is 33.4 Å². The van der Waals surface area contributed by atoms with E-state index in [1.54, 1.807) is 0 Å². The summed E-state index contributed by atoms with van der Waals surface area (Å²) >= 11 is 0. The molecule has 3 heteroatoms. The van der Waals surface area contributed by atoms with Gasteiger partial charge in [0, 0.05) is 10.8 Å². The summed E-state index contributed by atoms with van der Waals surface area (Å²) in [5, 5.41) is 11.3. The molecule has 4 aromatic rings. The highest BCUT2D eigenvalue weighted by Gasteiger charge is 2.09. The van der Waals surface area contributed by atoms with E-state index in [4.69, 9.17) is 4.42 Å². The normalized spacial score (nSPS) is 11.1. The molecule has 1 radical (unpaired) electrons. The molecule has 99 valence electrons. The molecule has 1 aromatic heterocycles. The molecule has 1 N–H and O–H groups in total. The first kappa shape index (κ1) is 12.2. The summed E-state index contributed by atoms with van der Waals surface area (Å²) in [6, 6.07) is 22.1. The molecule has 0 saturated heterocycles. The number of fused-ring (bicyclic) bond motifs is 3. The van der Waals surface area contributed by atoms with E-state index >= 15 is 0 Å². The van der Waals surface area contributed by atoms with Crippen LogP contribution >= 0.6 is 0 Å². The molecule has 0 unspecified atom stereocenters. The van der Waals surface area contributed by atoms with Crippen molar-refractivity contribution in [2.24, 2.45) is 0 Å². The number of furan rings is 1. The zero-order valence-corrected chi connectivity index (χ0v) is 11.3. The second-order valence-electron chi connectivity index (χ2n) is 5.06. The first-order valence-corrected chi connectivity index (χ1v) is 6.84. The van der Waals surface area contributed by atoms with Crippen LogP contribution in [0.25, 0.3) is 33.1 Å². The molecule has 0 aliphatic heterocycles. The van der Waals surface area contributed by atoms with Crippen LogP contribution in [-0.2, 0) is 0 Å². The Kier molecular flexibility index (Phi) is 2.79. The Labute approximate surface area is 122 Å². The van der Waals surface area contributed by atoms with Crippen molar-refractivity contribution in [3.63, 3.8) is 0 Å². The minimum atomic E-state index is 0.773. The van der Waals surface area contributed by atoms with Gasteiger partial charge in [-0.1, -0.05) is 54.0 Å². The SMILES string of the molecule is O[B]c1ccc2oc3ccc(-c4ccccc4)cc3c2c1. The molecule has 0 saturated carbocycles. The van der Waals surface area contributed by atoms with E-state index in [0.29, 0.717) is 0 Å². The molecule has 1 heterocycles. The molecule has 0 atom stereocenters. The number of hydrogen-bond acceptors (Lipinski definition) is 2. The van der Waals surface area contributed by atoms with Crippen molar-refractivity contribution in [1.29, 1.82) is 0 Å². The summed E-state index contributed by atoms with van der Waals surface area (Å²) in [6.45, 7) is 0. The predicted octanol–water partition coefficient (Wildman–Crippen LogP) is 3.49. The maximum absolute atomic E-state index is 9.18. The smallest absolute Gasteiger partial charge is 0.326 e. The Bertz CT molecular complexity index is 926. The minimum Gasteiger partial charge on any atom is -0.456 e. The fraction of sp³-hybridized carbons (Fsp3) is 0. The summed E-state index contributed by atoms with van der Waals surface area (Å²) in [5.41, 5.74) is 4.80. The van der Waals surface area contributed by atoms with Crippen molar-refractivity contribution < 1.29 is 9.44 Å². The van der Waals surface area contributed by atoms with Crippen LogP contribution in [0.5, 0.6) is 0 Å². The van der Waals surface area contributed by atoms with Crippen LogP contribution < -0.4 is 5.46 Å². The van der Waals surface area contributed by atoms with E-state index in [1.807, 2.05) is 42.5 Å². The van der Waals surface area contributed by atoms with Crippen molar-refractivity contribution in [2.45, 2.75) is 0 Å². The quantitative estimate of drug-likeness (QED) is 0.566. The van der Waals surface area contributed by atoms with Gasteiger partial charge in [-0.15, -0.1) is 0 Å². The van der Waals surface area contributed by atoms with Crippen molar-refractivity contribution in [2.75, 3.05) is 0 Å². The number of rotatable bonds is 2. The van der Waals surface area contributed by atoms with Gasteiger partial charge in [0.15, 0.2) is 0 Å². The molecule has 2 nitrogen and oxygen atoms in total. The Hall–Kier alpha value is -2.52. The van der Waals surface area contributed by atoms with Crippen LogP contribution in [0.2, 0.25) is 0 Å². The van der Waals surface area contributed by atoms with Crippen molar-refractivity contribution >= 4 is 34.9 Å². The van der Waals surface area contributed by atoms with Gasteiger partial charge in [-0.3, -0.25) is 0 Å². The van der Waals surface area contributed by atoms with Crippen LogP contribution in [-0.4, -0.2) is 12.5 Å². The fourth-order valence-electron chi connectivity index (χ4n) is 2.69. The molecular formula is C18H12BO2. The second-order valence-corrected chi connectivity index (χ2v) is 5.06. The lowest BCUT2D eigenvalue weighted by atomic mass is 9.88. The third-order valence-corrected chi connectivity index (χ3v) is 3.75. The molecule has 3 aromatic carbocycles. The Morgan fingerprint density at radius 3 is 2.19 bits per heavy atom. The number of hydrogen-bond donors (Lipinski definition) is 1. The van der Waals surface area contributed by atoms with E-state index in [2.05, 4.69) is 24.3 Å². The molecular weight excluding hydrogens is 259 g/mol. The van der Waals surface area contributed by atoms with Gasteiger partial charge < -0.3 is 9.44 Å². The Morgan fingerprint density at radius 1 is 0.714 bits per heavy atom. The van der Waals surface area contributed by atoms with Gasteiger partial charge in [-0.25, -0.2) is 0 Å². The highest BCUT2D eigenvalue weighted by Crippen LogP contribution is 2.31. The van der Waals surface area contributed by atoms with Gasteiger partial charge in [0.1, 0.15) is 11.2 Å². The van der Waals surface area contributed by atoms with E-state index < -0.39 is 0 Å². The lowest BCUT2D eigenvalue weighted by Gasteiger charge is -2.01. The molecule has 0 amide bonds. The van der Waals surface area contributed by atoms with Crippen molar-refractivity contribution in [3.05, 3.63) is 66.7 Å². The highest BCUT2D eigenvalue weighted by atomic mass is 16.3. The predicted molar refractivity (Wildman–Crippen MR) is 86.8 cm³/mol. The summed E-state index contributed by atoms with van der Waals surface area (Å²) < 4.78 is 5.85. The number of benzene rings is 3. The summed E-state index contributed by atoms with van der Waals surface area (Å²) in [6.07, 6.45) is 0. The summed E-state index contributed by atoms with van der Waals surface area (Å²) in [4.78, 5) is 0. The maximum Gasteiger partial charge on any atom is 0.326 e. The maximum atomic E-state index is 9.18. The fourth-order valence-corrected chi connectivity index (χ4v) is 2.69. The zero-order valence-electron chi connectivity index (χ0n) is 11.3. The molecule has 0 aliphatic rings. The van der Waals surface area contributed by atoms with E-state index in [0.717, 1.165) is 40.4 Å². The third-order valence-electron chi connectivity index (χ3n) is 3.75. The molecule has 0 fully saturated rings. The molecule has 0 bridgehead atoms. The Balaban J connectivity index is 1.99. The third kappa shape index (κ3) is 2.03. The van der Waals surface area contributed by atoms with Crippen LogP contribution in [0.1, 0.15) is 0 Å². The molecule has 0 aliphatic carbocycles.